The molecule has 0 aliphatic heterocycles. The highest BCUT2D eigenvalue weighted by atomic mass is 35.5. The number of carbonyl (C=O) groups excluding carboxylic acids is 2. The van der Waals surface area contributed by atoms with Crippen LogP contribution in [0.1, 0.15) is 29.8 Å². The highest BCUT2D eigenvalue weighted by Crippen LogP contribution is 2.12. The summed E-state index contributed by atoms with van der Waals surface area (Å²) in [6.45, 7) is 3.80. The lowest BCUT2D eigenvalue weighted by Crippen LogP contribution is -2.42. The average molecular weight is 428 g/mol. The lowest BCUT2D eigenvalue weighted by atomic mass is 10.1. The fourth-order valence-corrected chi connectivity index (χ4v) is 2.92. The smallest absolute Gasteiger partial charge is 0.348 e. The number of rotatable bonds is 6. The van der Waals surface area contributed by atoms with Crippen LogP contribution in [0.25, 0.3) is 10.9 Å². The Hall–Kier alpha value is -3.16. The summed E-state index contributed by atoms with van der Waals surface area (Å²) < 4.78 is 1.12. The Morgan fingerprint density at radius 2 is 1.80 bits per heavy atom. The van der Waals surface area contributed by atoms with Crippen molar-refractivity contribution in [1.82, 2.24) is 10.0 Å². The Kier molecular flexibility index (Phi) is 6.54. The van der Waals surface area contributed by atoms with E-state index < -0.39 is 23.3 Å². The Morgan fingerprint density at radius 3 is 2.47 bits per heavy atom. The monoisotopic (exact) mass is 427 g/mol. The van der Waals surface area contributed by atoms with Crippen molar-refractivity contribution in [2.75, 3.05) is 0 Å². The zero-order chi connectivity index (χ0) is 21.8. The summed E-state index contributed by atoms with van der Waals surface area (Å²) in [5.74, 6) is -1.38. The van der Waals surface area contributed by atoms with Crippen molar-refractivity contribution in [3.63, 3.8) is 0 Å². The molecule has 0 fully saturated rings. The largest absolute Gasteiger partial charge is 0.349 e. The van der Waals surface area contributed by atoms with Crippen LogP contribution in [0.3, 0.4) is 0 Å². The third-order valence-corrected chi connectivity index (χ3v) is 4.92. The van der Waals surface area contributed by atoms with Gasteiger partial charge in [0.05, 0.1) is 11.7 Å². The minimum atomic E-state index is -0.842. The molecule has 1 amide bonds. The van der Waals surface area contributed by atoms with Gasteiger partial charge in [0, 0.05) is 17.0 Å². The number of hydrogen-bond donors (Lipinski definition) is 2. The zero-order valence-electron chi connectivity index (χ0n) is 16.6. The van der Waals surface area contributed by atoms with Gasteiger partial charge >= 0.3 is 5.97 Å². The molecular weight excluding hydrogens is 406 g/mol. The van der Waals surface area contributed by atoms with Crippen LogP contribution in [-0.4, -0.2) is 22.6 Å². The van der Waals surface area contributed by atoms with Gasteiger partial charge in [-0.25, -0.2) is 4.79 Å². The number of nitrogens with two attached hydrogens (primary N) is 1. The van der Waals surface area contributed by atoms with E-state index in [1.165, 1.54) is 6.20 Å². The molecule has 30 heavy (non-hydrogen) atoms. The standard InChI is InChI=1S/C22H22ClN3O4/c1-13(2)19(24)22(29)30-26-12-17(20(27)16-5-3-4-6-18(16)26)21(28)25-11-14-7-9-15(23)10-8-14/h3-10,12-13,19H,11,24H2,1-2H3,(H,25,28). The summed E-state index contributed by atoms with van der Waals surface area (Å²) in [7, 11) is 0. The minimum absolute atomic E-state index is 0.134. The van der Waals surface area contributed by atoms with Crippen molar-refractivity contribution in [2.24, 2.45) is 11.7 Å². The van der Waals surface area contributed by atoms with E-state index in [1.807, 2.05) is 0 Å². The van der Waals surface area contributed by atoms with Gasteiger partial charge in [0.1, 0.15) is 11.6 Å². The number of nitrogens with one attached hydrogen (secondary N) is 1. The molecule has 3 rings (SSSR count). The molecule has 3 N–H and O–H groups in total. The molecule has 3 aromatic rings. The number of hydrogen-bond acceptors (Lipinski definition) is 5. The molecule has 1 unspecified atom stereocenters. The molecule has 1 aromatic heterocycles. The van der Waals surface area contributed by atoms with Gasteiger partial charge in [-0.2, -0.15) is 4.73 Å². The molecule has 0 aliphatic carbocycles. The van der Waals surface area contributed by atoms with E-state index in [4.69, 9.17) is 22.2 Å². The quantitative estimate of drug-likeness (QED) is 0.629. The van der Waals surface area contributed by atoms with Crippen molar-refractivity contribution in [2.45, 2.75) is 26.4 Å². The van der Waals surface area contributed by atoms with Crippen LogP contribution in [0.4, 0.5) is 0 Å². The predicted molar refractivity (Wildman–Crippen MR) is 115 cm³/mol. The second-order valence-electron chi connectivity index (χ2n) is 7.20. The number of nitrogens with zero attached hydrogens (tertiary/aromatic N) is 1. The third-order valence-electron chi connectivity index (χ3n) is 4.67. The number of pyridine rings is 1. The van der Waals surface area contributed by atoms with Crippen LogP contribution in [0, 0.1) is 5.92 Å². The van der Waals surface area contributed by atoms with Crippen LogP contribution < -0.4 is 21.3 Å². The van der Waals surface area contributed by atoms with Crippen molar-refractivity contribution in [3.8, 4) is 0 Å². The maximum absolute atomic E-state index is 12.8. The molecule has 0 saturated heterocycles. The van der Waals surface area contributed by atoms with Gasteiger partial charge in [-0.15, -0.1) is 0 Å². The molecule has 0 bridgehead atoms. The van der Waals surface area contributed by atoms with E-state index in [1.54, 1.807) is 62.4 Å². The molecule has 2 aromatic carbocycles. The van der Waals surface area contributed by atoms with E-state index in [9.17, 15) is 14.4 Å². The first kappa shape index (κ1) is 21.5. The Bertz CT molecular complexity index is 1140. The Labute approximate surface area is 178 Å². The molecule has 0 radical (unpaired) electrons. The highest BCUT2D eigenvalue weighted by Gasteiger charge is 2.22. The van der Waals surface area contributed by atoms with E-state index >= 15 is 0 Å². The van der Waals surface area contributed by atoms with Crippen LogP contribution in [0.5, 0.6) is 0 Å². The second-order valence-corrected chi connectivity index (χ2v) is 7.64. The molecule has 7 nitrogen and oxygen atoms in total. The molecule has 1 atom stereocenters. The first-order chi connectivity index (χ1) is 14.3. The van der Waals surface area contributed by atoms with Gasteiger partial charge in [-0.3, -0.25) is 9.59 Å². The maximum Gasteiger partial charge on any atom is 0.349 e. The molecule has 1 heterocycles. The number of halogens is 1. The normalized spacial score (nSPS) is 12.0. The fraction of sp³-hybridized carbons (Fsp3) is 0.227. The van der Waals surface area contributed by atoms with Crippen molar-refractivity contribution < 1.29 is 14.4 Å². The van der Waals surface area contributed by atoms with Crippen LogP contribution in [0.15, 0.2) is 59.5 Å². The van der Waals surface area contributed by atoms with E-state index in [0.717, 1.165) is 10.3 Å². The summed E-state index contributed by atoms with van der Waals surface area (Å²) in [5.41, 5.74) is 6.45. The molecule has 0 aliphatic rings. The van der Waals surface area contributed by atoms with Crippen molar-refractivity contribution in [1.29, 1.82) is 0 Å². The lowest BCUT2D eigenvalue weighted by molar-refractivity contribution is -0.146. The molecule has 8 heteroatoms. The van der Waals surface area contributed by atoms with Crippen LogP contribution in [-0.2, 0) is 11.3 Å². The van der Waals surface area contributed by atoms with Gasteiger partial charge in [0.15, 0.2) is 0 Å². The average Bonchev–Trinajstić information content (AvgIpc) is 2.74. The summed E-state index contributed by atoms with van der Waals surface area (Å²) in [5, 5.41) is 3.54. The number of benzene rings is 2. The van der Waals surface area contributed by atoms with Crippen molar-refractivity contribution >= 4 is 34.4 Å². The minimum Gasteiger partial charge on any atom is -0.348 e. The SMILES string of the molecule is CC(C)C(N)C(=O)On1cc(C(=O)NCc2ccc(Cl)cc2)c(=O)c2ccccc21. The molecule has 0 saturated carbocycles. The van der Waals surface area contributed by atoms with Gasteiger partial charge in [-0.1, -0.05) is 49.7 Å². The predicted octanol–water partition coefficient (Wildman–Crippen LogP) is 2.52. The summed E-state index contributed by atoms with van der Waals surface area (Å²) >= 11 is 5.87. The number of para-hydroxylation sites is 1. The van der Waals surface area contributed by atoms with Crippen LogP contribution in [0.2, 0.25) is 5.02 Å². The first-order valence-corrected chi connectivity index (χ1v) is 9.80. The van der Waals surface area contributed by atoms with Crippen molar-refractivity contribution in [3.05, 3.63) is 81.1 Å². The van der Waals surface area contributed by atoms with E-state index in [2.05, 4.69) is 5.32 Å². The Balaban J connectivity index is 1.93. The first-order valence-electron chi connectivity index (χ1n) is 9.42. The van der Waals surface area contributed by atoms with Crippen LogP contribution >= 0.6 is 11.6 Å². The van der Waals surface area contributed by atoms with Gasteiger partial charge in [0.2, 0.25) is 5.43 Å². The van der Waals surface area contributed by atoms with Gasteiger partial charge in [-0.05, 0) is 35.7 Å². The third kappa shape index (κ3) is 4.69. The number of fused-ring (bicyclic) bond motifs is 1. The lowest BCUT2D eigenvalue weighted by Gasteiger charge is -2.17. The zero-order valence-corrected chi connectivity index (χ0v) is 17.3. The molecule has 156 valence electrons. The Morgan fingerprint density at radius 1 is 1.13 bits per heavy atom. The van der Waals surface area contributed by atoms with Gasteiger partial charge in [0.25, 0.3) is 5.91 Å². The number of carbonyl (C=O) groups is 2. The van der Waals surface area contributed by atoms with Gasteiger partial charge < -0.3 is 15.9 Å². The summed E-state index contributed by atoms with van der Waals surface area (Å²) in [6.07, 6.45) is 1.22. The fourth-order valence-electron chi connectivity index (χ4n) is 2.80. The second kappa shape index (κ2) is 9.11. The molecular formula is C22H22ClN3O4. The topological polar surface area (TPSA) is 103 Å². The molecule has 0 spiro atoms. The van der Waals surface area contributed by atoms with E-state index in [0.29, 0.717) is 10.5 Å². The highest BCUT2D eigenvalue weighted by molar-refractivity contribution is 6.30. The maximum atomic E-state index is 12.8. The van der Waals surface area contributed by atoms with E-state index in [-0.39, 0.29) is 23.4 Å². The summed E-state index contributed by atoms with van der Waals surface area (Å²) in [6, 6.07) is 12.7. The number of amides is 1. The number of aromatic nitrogens is 1. The summed E-state index contributed by atoms with van der Waals surface area (Å²) in [4.78, 5) is 43.3.